The maximum Gasteiger partial charge on any atom is 0.197 e. The molecule has 0 saturated carbocycles. The number of rotatable bonds is 3. The van der Waals surface area contributed by atoms with Crippen molar-refractivity contribution in [3.05, 3.63) is 28.6 Å². The van der Waals surface area contributed by atoms with E-state index in [9.17, 15) is 0 Å². The van der Waals surface area contributed by atoms with Gasteiger partial charge >= 0.3 is 0 Å². The van der Waals surface area contributed by atoms with Crippen LogP contribution in [0.4, 0.5) is 5.82 Å². The van der Waals surface area contributed by atoms with Crippen LogP contribution in [0, 0.1) is 0 Å². The lowest BCUT2D eigenvalue weighted by Gasteiger charge is -2.12. The van der Waals surface area contributed by atoms with Gasteiger partial charge < -0.3 is 9.73 Å². The van der Waals surface area contributed by atoms with Crippen LogP contribution in [-0.2, 0) is 0 Å². The van der Waals surface area contributed by atoms with Crippen LogP contribution in [0.1, 0.15) is 25.5 Å². The third-order valence-corrected chi connectivity index (χ3v) is 3.18. The highest BCUT2D eigenvalue weighted by atomic mass is 79.9. The molecule has 0 aliphatic heterocycles. The molecule has 0 aliphatic carbocycles. The van der Waals surface area contributed by atoms with Gasteiger partial charge in [-0.1, -0.05) is 13.8 Å². The Labute approximate surface area is 109 Å². The van der Waals surface area contributed by atoms with Gasteiger partial charge in [-0.3, -0.25) is 0 Å². The van der Waals surface area contributed by atoms with E-state index in [0.717, 1.165) is 16.0 Å². The molecule has 0 fully saturated rings. The van der Waals surface area contributed by atoms with E-state index in [1.165, 1.54) is 0 Å². The number of nitrogens with zero attached hydrogens (tertiary/aromatic N) is 2. The monoisotopic (exact) mass is 295 g/mol. The first kappa shape index (κ1) is 12.1. The van der Waals surface area contributed by atoms with E-state index in [1.807, 2.05) is 19.2 Å². The van der Waals surface area contributed by atoms with Gasteiger partial charge in [0.1, 0.15) is 5.82 Å². The van der Waals surface area contributed by atoms with Gasteiger partial charge in [-0.25, -0.2) is 9.97 Å². The smallest absolute Gasteiger partial charge is 0.197 e. The minimum Gasteiger partial charge on any atom is -0.461 e. The normalized spacial score (nSPS) is 10.9. The Bertz CT molecular complexity index is 509. The van der Waals surface area contributed by atoms with Crippen LogP contribution < -0.4 is 5.32 Å². The number of nitrogens with one attached hydrogen (secondary N) is 1. The van der Waals surface area contributed by atoms with Gasteiger partial charge in [0.15, 0.2) is 11.6 Å². The molecule has 17 heavy (non-hydrogen) atoms. The Morgan fingerprint density at radius 3 is 2.65 bits per heavy atom. The van der Waals surface area contributed by atoms with E-state index in [-0.39, 0.29) is 0 Å². The van der Waals surface area contributed by atoms with Gasteiger partial charge in [-0.15, -0.1) is 0 Å². The summed E-state index contributed by atoms with van der Waals surface area (Å²) in [5.74, 6) is 2.37. The lowest BCUT2D eigenvalue weighted by molar-refractivity contribution is 0.576. The van der Waals surface area contributed by atoms with Crippen molar-refractivity contribution in [3.63, 3.8) is 0 Å². The topological polar surface area (TPSA) is 51.0 Å². The van der Waals surface area contributed by atoms with Crippen molar-refractivity contribution < 1.29 is 4.42 Å². The first-order chi connectivity index (χ1) is 8.13. The minimum absolute atomic E-state index is 0.313. The Kier molecular flexibility index (Phi) is 3.47. The molecule has 2 heterocycles. The van der Waals surface area contributed by atoms with Crippen molar-refractivity contribution in [2.75, 3.05) is 12.4 Å². The third-order valence-electron chi connectivity index (χ3n) is 2.40. The molecule has 0 atom stereocenters. The fourth-order valence-corrected chi connectivity index (χ4v) is 2.36. The number of hydrogen-bond acceptors (Lipinski definition) is 4. The SMILES string of the molecule is CNc1nc(-c2ccco2)nc(C(C)C)c1Br. The highest BCUT2D eigenvalue weighted by Crippen LogP contribution is 2.31. The summed E-state index contributed by atoms with van der Waals surface area (Å²) < 4.78 is 6.23. The highest BCUT2D eigenvalue weighted by molar-refractivity contribution is 9.10. The standard InChI is InChI=1S/C12H14BrN3O/c1-7(2)10-9(13)12(14-3)16-11(15-10)8-5-4-6-17-8/h4-7H,1-3H3,(H,14,15,16). The molecule has 4 nitrogen and oxygen atoms in total. The van der Waals surface area contributed by atoms with E-state index in [4.69, 9.17) is 4.42 Å². The Balaban J connectivity index is 2.59. The molecule has 90 valence electrons. The summed E-state index contributed by atoms with van der Waals surface area (Å²) in [5.41, 5.74) is 0.968. The summed E-state index contributed by atoms with van der Waals surface area (Å²) in [6.07, 6.45) is 1.62. The lowest BCUT2D eigenvalue weighted by Crippen LogP contribution is -2.04. The first-order valence-corrected chi connectivity index (χ1v) is 6.21. The van der Waals surface area contributed by atoms with Crippen molar-refractivity contribution in [1.29, 1.82) is 0 Å². The molecule has 0 amide bonds. The molecule has 2 rings (SSSR count). The lowest BCUT2D eigenvalue weighted by atomic mass is 10.1. The van der Waals surface area contributed by atoms with E-state index in [2.05, 4.69) is 45.1 Å². The molecule has 0 unspecified atom stereocenters. The predicted octanol–water partition coefficient (Wildman–Crippen LogP) is 3.66. The second-order valence-electron chi connectivity index (χ2n) is 3.98. The third kappa shape index (κ3) is 2.34. The van der Waals surface area contributed by atoms with Crippen molar-refractivity contribution in [1.82, 2.24) is 9.97 Å². The number of furan rings is 1. The zero-order valence-electron chi connectivity index (χ0n) is 9.99. The maximum absolute atomic E-state index is 5.33. The van der Waals surface area contributed by atoms with Crippen LogP contribution in [-0.4, -0.2) is 17.0 Å². The molecule has 0 bridgehead atoms. The van der Waals surface area contributed by atoms with Gasteiger partial charge in [0.05, 0.1) is 16.4 Å². The van der Waals surface area contributed by atoms with Crippen molar-refractivity contribution >= 4 is 21.7 Å². The highest BCUT2D eigenvalue weighted by Gasteiger charge is 2.16. The van der Waals surface area contributed by atoms with Gasteiger partial charge in [0, 0.05) is 7.05 Å². The number of anilines is 1. The summed E-state index contributed by atoms with van der Waals surface area (Å²) in [4.78, 5) is 8.94. The molecule has 0 aliphatic rings. The van der Waals surface area contributed by atoms with Crippen LogP contribution in [0.5, 0.6) is 0 Å². The molecule has 2 aromatic heterocycles. The van der Waals surface area contributed by atoms with Crippen LogP contribution in [0.25, 0.3) is 11.6 Å². The molecule has 5 heteroatoms. The van der Waals surface area contributed by atoms with Gasteiger partial charge in [0.25, 0.3) is 0 Å². The minimum atomic E-state index is 0.313. The van der Waals surface area contributed by atoms with Crippen molar-refractivity contribution in [2.24, 2.45) is 0 Å². The van der Waals surface area contributed by atoms with Crippen LogP contribution >= 0.6 is 15.9 Å². The van der Waals surface area contributed by atoms with Gasteiger partial charge in [-0.2, -0.15) is 0 Å². The quantitative estimate of drug-likeness (QED) is 0.939. The maximum atomic E-state index is 5.33. The number of aromatic nitrogens is 2. The molecule has 0 aromatic carbocycles. The second-order valence-corrected chi connectivity index (χ2v) is 4.77. The van der Waals surface area contributed by atoms with E-state index in [1.54, 1.807) is 6.26 Å². The van der Waals surface area contributed by atoms with Crippen molar-refractivity contribution in [3.8, 4) is 11.6 Å². The van der Waals surface area contributed by atoms with E-state index >= 15 is 0 Å². The van der Waals surface area contributed by atoms with Gasteiger partial charge in [0.2, 0.25) is 0 Å². The summed E-state index contributed by atoms with van der Waals surface area (Å²) in [7, 11) is 1.84. The van der Waals surface area contributed by atoms with E-state index in [0.29, 0.717) is 17.5 Å². The average molecular weight is 296 g/mol. The Morgan fingerprint density at radius 1 is 1.35 bits per heavy atom. The summed E-state index contributed by atoms with van der Waals surface area (Å²) in [6, 6.07) is 3.68. The molecule has 2 aromatic rings. The summed E-state index contributed by atoms with van der Waals surface area (Å²) in [6.45, 7) is 4.19. The predicted molar refractivity (Wildman–Crippen MR) is 71.1 cm³/mol. The van der Waals surface area contributed by atoms with Crippen LogP contribution in [0.15, 0.2) is 27.3 Å². The number of hydrogen-bond donors (Lipinski definition) is 1. The molecule has 0 saturated heterocycles. The number of halogens is 1. The molecular formula is C12H14BrN3O. The molecule has 0 spiro atoms. The fourth-order valence-electron chi connectivity index (χ4n) is 1.53. The first-order valence-electron chi connectivity index (χ1n) is 5.42. The largest absolute Gasteiger partial charge is 0.461 e. The molecule has 1 N–H and O–H groups in total. The summed E-state index contributed by atoms with van der Waals surface area (Å²) in [5, 5.41) is 3.05. The second kappa shape index (κ2) is 4.87. The van der Waals surface area contributed by atoms with Gasteiger partial charge in [-0.05, 0) is 34.0 Å². The zero-order valence-corrected chi connectivity index (χ0v) is 11.6. The fraction of sp³-hybridized carbons (Fsp3) is 0.333. The van der Waals surface area contributed by atoms with Crippen molar-refractivity contribution in [2.45, 2.75) is 19.8 Å². The Hall–Kier alpha value is -1.36. The molecular weight excluding hydrogens is 282 g/mol. The Morgan fingerprint density at radius 2 is 2.12 bits per heavy atom. The average Bonchev–Trinajstić information content (AvgIpc) is 2.82. The van der Waals surface area contributed by atoms with Crippen LogP contribution in [0.2, 0.25) is 0 Å². The van der Waals surface area contributed by atoms with E-state index < -0.39 is 0 Å². The van der Waals surface area contributed by atoms with Crippen LogP contribution in [0.3, 0.4) is 0 Å². The zero-order chi connectivity index (χ0) is 12.4. The summed E-state index contributed by atoms with van der Waals surface area (Å²) >= 11 is 3.52. The molecule has 0 radical (unpaired) electrons.